The van der Waals surface area contributed by atoms with E-state index in [0.29, 0.717) is 52.2 Å². The van der Waals surface area contributed by atoms with Gasteiger partial charge in [0.1, 0.15) is 11.8 Å². The highest BCUT2D eigenvalue weighted by Crippen LogP contribution is 2.20. The molecule has 8 nitrogen and oxygen atoms in total. The third-order valence-corrected chi connectivity index (χ3v) is 6.98. The average molecular weight is 600 g/mol. The quantitative estimate of drug-likeness (QED) is 0.171. The minimum absolute atomic E-state index is 0.0238. The molecule has 8 heteroatoms. The van der Waals surface area contributed by atoms with Crippen LogP contribution in [0.3, 0.4) is 0 Å². The molecule has 0 saturated heterocycles. The predicted octanol–water partition coefficient (Wildman–Crippen LogP) is 6.00. The van der Waals surface area contributed by atoms with Crippen LogP contribution in [0.4, 0.5) is 0 Å². The molecule has 43 heavy (non-hydrogen) atoms. The van der Waals surface area contributed by atoms with Gasteiger partial charge in [0.25, 0.3) is 0 Å². The molecule has 0 aromatic heterocycles. The number of methoxy groups -OCH3 is 1. The molecule has 3 atom stereocenters. The second kappa shape index (κ2) is 22.6. The molecule has 0 aliphatic rings. The summed E-state index contributed by atoms with van der Waals surface area (Å²) in [4.78, 5) is 25.5. The van der Waals surface area contributed by atoms with E-state index in [4.69, 9.17) is 19.9 Å². The van der Waals surface area contributed by atoms with Crippen molar-refractivity contribution in [2.24, 2.45) is 11.7 Å². The molecule has 2 amide bonds. The van der Waals surface area contributed by atoms with Gasteiger partial charge in [-0.05, 0) is 55.4 Å². The Bertz CT molecular complexity index is 1040. The maximum atomic E-state index is 12.9. The lowest BCUT2D eigenvalue weighted by Gasteiger charge is -2.24. The summed E-state index contributed by atoms with van der Waals surface area (Å²) in [5, 5.41) is 5.91. The first-order valence-electron chi connectivity index (χ1n) is 15.8. The number of nitrogens with two attached hydrogens (primary N) is 1. The molecule has 0 radical (unpaired) electrons. The highest BCUT2D eigenvalue weighted by Gasteiger charge is 2.25. The van der Waals surface area contributed by atoms with E-state index in [2.05, 4.69) is 24.5 Å². The van der Waals surface area contributed by atoms with Crippen molar-refractivity contribution in [2.75, 3.05) is 26.9 Å². The Kier molecular flexibility index (Phi) is 20.0. The van der Waals surface area contributed by atoms with Crippen LogP contribution >= 0.6 is 0 Å². The van der Waals surface area contributed by atoms with Gasteiger partial charge < -0.3 is 30.6 Å². The molecule has 0 aliphatic heterocycles. The van der Waals surface area contributed by atoms with Gasteiger partial charge in [0.2, 0.25) is 11.8 Å². The molecular formula is C35H57N3O5. The topological polar surface area (TPSA) is 112 Å². The standard InChI is InChI=1S/C32H49N3O5.C3H8/c1-6-24(3)31(32(37)34-20-26-14-11-23(2)12-15-26)35-30(36)10-7-9-28(33)22-39-21-27-16-13-25(4)29(19-27)40-18-8-17-38-5;1-3-2/h11-16,19,24,28,31H,6-10,17-18,20-22,33H2,1-5H3,(H,34,37)(H,35,36);3H2,1-2H3. The van der Waals surface area contributed by atoms with Gasteiger partial charge in [-0.25, -0.2) is 0 Å². The van der Waals surface area contributed by atoms with Crippen molar-refractivity contribution in [2.45, 2.75) is 105 Å². The van der Waals surface area contributed by atoms with Crippen LogP contribution in [-0.4, -0.2) is 50.8 Å². The number of ether oxygens (including phenoxy) is 3. The van der Waals surface area contributed by atoms with Crippen LogP contribution in [0.2, 0.25) is 0 Å². The third kappa shape index (κ3) is 16.5. The number of rotatable bonds is 19. The van der Waals surface area contributed by atoms with Crippen LogP contribution < -0.4 is 21.1 Å². The largest absolute Gasteiger partial charge is 0.493 e. The molecular weight excluding hydrogens is 542 g/mol. The highest BCUT2D eigenvalue weighted by atomic mass is 16.5. The fourth-order valence-corrected chi connectivity index (χ4v) is 4.16. The Morgan fingerprint density at radius 2 is 1.63 bits per heavy atom. The van der Waals surface area contributed by atoms with Crippen molar-refractivity contribution < 1.29 is 23.8 Å². The summed E-state index contributed by atoms with van der Waals surface area (Å²) >= 11 is 0. The summed E-state index contributed by atoms with van der Waals surface area (Å²) in [5.41, 5.74) is 10.5. The molecule has 0 heterocycles. The average Bonchev–Trinajstić information content (AvgIpc) is 2.99. The first kappa shape index (κ1) is 38.1. The normalized spacial score (nSPS) is 12.8. The first-order chi connectivity index (χ1) is 20.6. The highest BCUT2D eigenvalue weighted by molar-refractivity contribution is 5.87. The fraction of sp³-hybridized carbons (Fsp3) is 0.600. The molecule has 2 aromatic carbocycles. The van der Waals surface area contributed by atoms with E-state index >= 15 is 0 Å². The van der Waals surface area contributed by atoms with Gasteiger partial charge in [0, 0.05) is 39.1 Å². The van der Waals surface area contributed by atoms with Crippen molar-refractivity contribution in [1.29, 1.82) is 0 Å². The Hall–Kier alpha value is -2.94. The van der Waals surface area contributed by atoms with E-state index in [-0.39, 0.29) is 23.8 Å². The fourth-order valence-electron chi connectivity index (χ4n) is 4.16. The molecule has 4 N–H and O–H groups in total. The molecule has 242 valence electrons. The molecule has 0 fully saturated rings. The monoisotopic (exact) mass is 599 g/mol. The maximum absolute atomic E-state index is 12.9. The van der Waals surface area contributed by atoms with Crippen molar-refractivity contribution >= 4 is 11.8 Å². The van der Waals surface area contributed by atoms with Crippen molar-refractivity contribution in [3.63, 3.8) is 0 Å². The Morgan fingerprint density at radius 3 is 2.28 bits per heavy atom. The molecule has 0 aliphatic carbocycles. The van der Waals surface area contributed by atoms with Crippen LogP contribution in [0.1, 0.15) is 88.5 Å². The number of carbonyl (C=O) groups excluding carboxylic acids is 2. The van der Waals surface area contributed by atoms with Gasteiger partial charge in [0.05, 0.1) is 19.8 Å². The van der Waals surface area contributed by atoms with Gasteiger partial charge in [-0.15, -0.1) is 0 Å². The molecule has 0 saturated carbocycles. The minimum atomic E-state index is -0.566. The summed E-state index contributed by atoms with van der Waals surface area (Å²) in [6.07, 6.45) is 4.46. The number of nitrogens with one attached hydrogen (secondary N) is 2. The van der Waals surface area contributed by atoms with Crippen LogP contribution in [0, 0.1) is 19.8 Å². The van der Waals surface area contributed by atoms with Crippen molar-refractivity contribution in [1.82, 2.24) is 10.6 Å². The van der Waals surface area contributed by atoms with Crippen LogP contribution in [0.5, 0.6) is 5.75 Å². The van der Waals surface area contributed by atoms with E-state index in [9.17, 15) is 9.59 Å². The van der Waals surface area contributed by atoms with E-state index < -0.39 is 6.04 Å². The maximum Gasteiger partial charge on any atom is 0.243 e. The Morgan fingerprint density at radius 1 is 0.953 bits per heavy atom. The molecule has 3 unspecified atom stereocenters. The smallest absolute Gasteiger partial charge is 0.243 e. The van der Waals surface area contributed by atoms with E-state index in [0.717, 1.165) is 35.3 Å². The van der Waals surface area contributed by atoms with Crippen molar-refractivity contribution in [3.05, 3.63) is 64.7 Å². The molecule has 2 aromatic rings. The molecule has 2 rings (SSSR count). The number of amides is 2. The van der Waals surface area contributed by atoms with Crippen LogP contribution in [0.15, 0.2) is 42.5 Å². The number of hydrogen-bond donors (Lipinski definition) is 3. The summed E-state index contributed by atoms with van der Waals surface area (Å²) < 4.78 is 16.8. The summed E-state index contributed by atoms with van der Waals surface area (Å²) in [5.74, 6) is 0.581. The second-order valence-electron chi connectivity index (χ2n) is 11.3. The zero-order chi connectivity index (χ0) is 32.0. The summed E-state index contributed by atoms with van der Waals surface area (Å²) in [7, 11) is 1.68. The zero-order valence-corrected chi connectivity index (χ0v) is 27.7. The lowest BCUT2D eigenvalue weighted by atomic mass is 9.97. The van der Waals surface area contributed by atoms with Gasteiger partial charge in [-0.1, -0.05) is 82.5 Å². The molecule has 0 spiro atoms. The first-order valence-corrected chi connectivity index (χ1v) is 15.8. The number of benzene rings is 2. The Labute approximate surface area is 260 Å². The van der Waals surface area contributed by atoms with Gasteiger partial charge >= 0.3 is 0 Å². The van der Waals surface area contributed by atoms with E-state index in [1.165, 1.54) is 12.0 Å². The van der Waals surface area contributed by atoms with Gasteiger partial charge in [-0.3, -0.25) is 9.59 Å². The summed E-state index contributed by atoms with van der Waals surface area (Å²) in [6.45, 7) is 14.8. The van der Waals surface area contributed by atoms with Gasteiger partial charge in [-0.2, -0.15) is 0 Å². The Balaban J connectivity index is 0.00000295. The lowest BCUT2D eigenvalue weighted by molar-refractivity contribution is -0.130. The lowest BCUT2D eigenvalue weighted by Crippen LogP contribution is -2.50. The van der Waals surface area contributed by atoms with Gasteiger partial charge in [0.15, 0.2) is 0 Å². The van der Waals surface area contributed by atoms with Crippen LogP contribution in [-0.2, 0) is 32.2 Å². The summed E-state index contributed by atoms with van der Waals surface area (Å²) in [6, 6.07) is 13.3. The second-order valence-corrected chi connectivity index (χ2v) is 11.3. The number of aryl methyl sites for hydroxylation is 2. The molecule has 0 bridgehead atoms. The number of hydrogen-bond acceptors (Lipinski definition) is 6. The van der Waals surface area contributed by atoms with E-state index in [1.54, 1.807) is 7.11 Å². The zero-order valence-electron chi connectivity index (χ0n) is 27.7. The minimum Gasteiger partial charge on any atom is -0.493 e. The third-order valence-electron chi connectivity index (χ3n) is 6.98. The SMILES string of the molecule is CCC.CCC(C)C(NC(=O)CCCC(N)COCc1ccc(C)c(OCCCOC)c1)C(=O)NCc1ccc(C)cc1. The predicted molar refractivity (Wildman–Crippen MR) is 175 cm³/mol. The number of carbonyl (C=O) groups is 2. The van der Waals surface area contributed by atoms with E-state index in [1.807, 2.05) is 70.2 Å². The van der Waals surface area contributed by atoms with Crippen molar-refractivity contribution in [3.8, 4) is 5.75 Å². The van der Waals surface area contributed by atoms with Crippen LogP contribution in [0.25, 0.3) is 0 Å².